The number of hydrogen-bond donors (Lipinski definition) is 1. The predicted molar refractivity (Wildman–Crippen MR) is 73.7 cm³/mol. The third-order valence-electron chi connectivity index (χ3n) is 3.24. The van der Waals surface area contributed by atoms with Gasteiger partial charge in [0.15, 0.2) is 0 Å². The van der Waals surface area contributed by atoms with Crippen molar-refractivity contribution < 1.29 is 0 Å². The molecule has 2 rings (SSSR count). The van der Waals surface area contributed by atoms with Crippen molar-refractivity contribution in [3.05, 3.63) is 24.3 Å². The Kier molecular flexibility index (Phi) is 3.57. The zero-order valence-corrected chi connectivity index (χ0v) is 11.2. The molecule has 0 fully saturated rings. The summed E-state index contributed by atoms with van der Waals surface area (Å²) in [5.41, 5.74) is 2.16. The van der Waals surface area contributed by atoms with Crippen LogP contribution in [0.2, 0.25) is 0 Å². The van der Waals surface area contributed by atoms with Gasteiger partial charge in [-0.3, -0.25) is 0 Å². The number of aromatic nitrogens is 2. The highest BCUT2D eigenvalue weighted by Crippen LogP contribution is 2.19. The van der Waals surface area contributed by atoms with Crippen molar-refractivity contribution in [2.24, 2.45) is 13.0 Å². The van der Waals surface area contributed by atoms with Crippen molar-refractivity contribution in [1.82, 2.24) is 9.55 Å². The number of rotatable bonds is 4. The number of hydrogen-bond acceptors (Lipinski definition) is 2. The lowest BCUT2D eigenvalue weighted by atomic mass is 10.1. The quantitative estimate of drug-likeness (QED) is 0.846. The first-order valence-corrected chi connectivity index (χ1v) is 6.41. The normalized spacial score (nSPS) is 14.8. The summed E-state index contributed by atoms with van der Waals surface area (Å²) in [6.07, 6.45) is 0. The molecular formula is C13H18ClN3. The second-order valence-electron chi connectivity index (χ2n) is 4.55. The first-order chi connectivity index (χ1) is 8.13. The molecule has 1 heterocycles. The van der Waals surface area contributed by atoms with Crippen LogP contribution >= 0.6 is 11.6 Å². The molecule has 0 spiro atoms. The molecule has 3 nitrogen and oxygen atoms in total. The van der Waals surface area contributed by atoms with Crippen LogP contribution in [0.4, 0.5) is 5.95 Å². The monoisotopic (exact) mass is 251 g/mol. The van der Waals surface area contributed by atoms with Gasteiger partial charge >= 0.3 is 0 Å². The maximum atomic E-state index is 5.86. The largest absolute Gasteiger partial charge is 0.353 e. The van der Waals surface area contributed by atoms with Crippen LogP contribution in [0.1, 0.15) is 13.8 Å². The van der Waals surface area contributed by atoms with E-state index in [4.69, 9.17) is 11.6 Å². The van der Waals surface area contributed by atoms with E-state index in [1.54, 1.807) is 0 Å². The SMILES string of the molecule is CC(CCl)C(C)Nc1nc2ccccc2n1C. The maximum absolute atomic E-state index is 5.86. The standard InChI is InChI=1S/C13H18ClN3/c1-9(8-14)10(2)15-13-16-11-6-4-5-7-12(11)17(13)3/h4-7,9-10H,8H2,1-3H3,(H,15,16). The Balaban J connectivity index is 2.27. The number of nitrogens with one attached hydrogen (secondary N) is 1. The van der Waals surface area contributed by atoms with Gasteiger partial charge in [0.05, 0.1) is 11.0 Å². The number of imidazole rings is 1. The number of benzene rings is 1. The molecule has 4 heteroatoms. The van der Waals surface area contributed by atoms with E-state index in [0.717, 1.165) is 17.0 Å². The van der Waals surface area contributed by atoms with Crippen molar-refractivity contribution in [3.63, 3.8) is 0 Å². The molecule has 0 aliphatic carbocycles. The Bertz CT molecular complexity index is 506. The summed E-state index contributed by atoms with van der Waals surface area (Å²) in [5, 5.41) is 3.42. The van der Waals surface area contributed by atoms with Crippen LogP contribution in [-0.4, -0.2) is 21.5 Å². The van der Waals surface area contributed by atoms with Crippen molar-refractivity contribution in [3.8, 4) is 0 Å². The highest BCUT2D eigenvalue weighted by molar-refractivity contribution is 6.18. The van der Waals surface area contributed by atoms with Gasteiger partial charge < -0.3 is 9.88 Å². The first kappa shape index (κ1) is 12.2. The summed E-state index contributed by atoms with van der Waals surface area (Å²) < 4.78 is 2.08. The predicted octanol–water partition coefficient (Wildman–Crippen LogP) is 3.25. The summed E-state index contributed by atoms with van der Waals surface area (Å²) in [6, 6.07) is 8.44. The molecule has 0 aliphatic rings. The second-order valence-corrected chi connectivity index (χ2v) is 4.86. The van der Waals surface area contributed by atoms with Gasteiger partial charge in [-0.1, -0.05) is 19.1 Å². The molecule has 1 N–H and O–H groups in total. The van der Waals surface area contributed by atoms with Crippen LogP contribution in [-0.2, 0) is 7.05 Å². The number of nitrogens with zero attached hydrogens (tertiary/aromatic N) is 2. The fraction of sp³-hybridized carbons (Fsp3) is 0.462. The van der Waals surface area contributed by atoms with E-state index >= 15 is 0 Å². The fourth-order valence-corrected chi connectivity index (χ4v) is 2.02. The molecule has 2 unspecified atom stereocenters. The molecule has 0 saturated heterocycles. The molecule has 2 aromatic rings. The Morgan fingerprint density at radius 3 is 2.71 bits per heavy atom. The number of aryl methyl sites for hydroxylation is 1. The molecule has 0 bridgehead atoms. The minimum Gasteiger partial charge on any atom is -0.353 e. The minimum atomic E-state index is 0.308. The number of fused-ring (bicyclic) bond motifs is 1. The molecule has 0 radical (unpaired) electrons. The Morgan fingerprint density at radius 1 is 1.35 bits per heavy atom. The second kappa shape index (κ2) is 4.96. The Labute approximate surface area is 107 Å². The molecule has 0 saturated carbocycles. The van der Waals surface area contributed by atoms with E-state index in [0.29, 0.717) is 17.8 Å². The average Bonchev–Trinajstić information content (AvgIpc) is 2.66. The molecule has 92 valence electrons. The fourth-order valence-electron chi connectivity index (χ4n) is 1.75. The zero-order chi connectivity index (χ0) is 12.4. The van der Waals surface area contributed by atoms with Gasteiger partial charge in [-0.15, -0.1) is 11.6 Å². The lowest BCUT2D eigenvalue weighted by molar-refractivity contribution is 0.560. The molecular weight excluding hydrogens is 234 g/mol. The van der Waals surface area contributed by atoms with Gasteiger partial charge in [-0.05, 0) is 25.0 Å². The third kappa shape index (κ3) is 2.39. The van der Waals surface area contributed by atoms with Crippen molar-refractivity contribution in [2.45, 2.75) is 19.9 Å². The molecule has 2 atom stereocenters. The average molecular weight is 252 g/mol. The van der Waals surface area contributed by atoms with Crippen molar-refractivity contribution in [2.75, 3.05) is 11.2 Å². The lowest BCUT2D eigenvalue weighted by Crippen LogP contribution is -2.26. The van der Waals surface area contributed by atoms with Crippen LogP contribution < -0.4 is 5.32 Å². The van der Waals surface area contributed by atoms with Gasteiger partial charge in [0.2, 0.25) is 5.95 Å². The van der Waals surface area contributed by atoms with Crippen LogP contribution in [0.15, 0.2) is 24.3 Å². The van der Waals surface area contributed by atoms with E-state index in [9.17, 15) is 0 Å². The lowest BCUT2D eigenvalue weighted by Gasteiger charge is -2.19. The van der Waals surface area contributed by atoms with E-state index < -0.39 is 0 Å². The van der Waals surface area contributed by atoms with E-state index in [1.807, 2.05) is 25.2 Å². The van der Waals surface area contributed by atoms with Crippen molar-refractivity contribution >= 4 is 28.6 Å². The number of halogens is 1. The summed E-state index contributed by atoms with van der Waals surface area (Å²) in [7, 11) is 2.02. The number of para-hydroxylation sites is 2. The van der Waals surface area contributed by atoms with Gasteiger partial charge in [0.25, 0.3) is 0 Å². The first-order valence-electron chi connectivity index (χ1n) is 5.87. The number of anilines is 1. The highest BCUT2D eigenvalue weighted by Gasteiger charge is 2.14. The van der Waals surface area contributed by atoms with Crippen molar-refractivity contribution in [1.29, 1.82) is 0 Å². The molecule has 1 aromatic carbocycles. The van der Waals surface area contributed by atoms with Gasteiger partial charge in [0, 0.05) is 19.0 Å². The van der Waals surface area contributed by atoms with Crippen LogP contribution in [0.5, 0.6) is 0 Å². The zero-order valence-electron chi connectivity index (χ0n) is 10.4. The summed E-state index contributed by atoms with van der Waals surface area (Å²) in [5.74, 6) is 1.96. The Hall–Kier alpha value is -1.22. The smallest absolute Gasteiger partial charge is 0.203 e. The topological polar surface area (TPSA) is 29.9 Å². The van der Waals surface area contributed by atoms with E-state index in [2.05, 4.69) is 34.8 Å². The van der Waals surface area contributed by atoms with Gasteiger partial charge in [0.1, 0.15) is 0 Å². The molecule has 0 amide bonds. The highest BCUT2D eigenvalue weighted by atomic mass is 35.5. The van der Waals surface area contributed by atoms with Crippen LogP contribution in [0.3, 0.4) is 0 Å². The third-order valence-corrected chi connectivity index (χ3v) is 3.73. The summed E-state index contributed by atoms with van der Waals surface area (Å²) >= 11 is 5.86. The van der Waals surface area contributed by atoms with Crippen LogP contribution in [0.25, 0.3) is 11.0 Å². The molecule has 1 aromatic heterocycles. The minimum absolute atomic E-state index is 0.308. The van der Waals surface area contributed by atoms with E-state index in [-0.39, 0.29) is 0 Å². The number of alkyl halides is 1. The summed E-state index contributed by atoms with van der Waals surface area (Å²) in [6.45, 7) is 4.26. The Morgan fingerprint density at radius 2 is 2.06 bits per heavy atom. The van der Waals surface area contributed by atoms with Gasteiger partial charge in [-0.2, -0.15) is 0 Å². The van der Waals surface area contributed by atoms with Gasteiger partial charge in [-0.25, -0.2) is 4.98 Å². The molecule has 17 heavy (non-hydrogen) atoms. The summed E-state index contributed by atoms with van der Waals surface area (Å²) in [4.78, 5) is 4.58. The maximum Gasteiger partial charge on any atom is 0.203 e. The van der Waals surface area contributed by atoms with E-state index in [1.165, 1.54) is 0 Å². The molecule has 0 aliphatic heterocycles. The van der Waals surface area contributed by atoms with Crippen LogP contribution in [0, 0.1) is 5.92 Å².